The van der Waals surface area contributed by atoms with Gasteiger partial charge in [0.15, 0.2) is 0 Å². The van der Waals surface area contributed by atoms with Crippen LogP contribution >= 0.6 is 11.3 Å². The van der Waals surface area contributed by atoms with Crippen LogP contribution in [-0.4, -0.2) is 35.4 Å². The Hall–Kier alpha value is -2.28. The maximum absolute atomic E-state index is 5.60. The van der Waals surface area contributed by atoms with Gasteiger partial charge in [-0.3, -0.25) is 0 Å². The molecule has 0 aliphatic carbocycles. The smallest absolute Gasteiger partial charge is 0.214 e. The number of aryl methyl sites for hydroxylation is 1. The number of ether oxygens (including phenoxy) is 2. The molecule has 0 N–H and O–H groups in total. The highest BCUT2D eigenvalue weighted by molar-refractivity contribution is 7.20. The molecule has 0 bridgehead atoms. The third kappa shape index (κ3) is 2.49. The minimum absolute atomic E-state index is 0.266. The fourth-order valence-corrected chi connectivity index (χ4v) is 4.33. The van der Waals surface area contributed by atoms with Crippen molar-refractivity contribution in [1.29, 1.82) is 0 Å². The zero-order valence-electron chi connectivity index (χ0n) is 14.0. The Morgan fingerprint density at radius 2 is 2.12 bits per heavy atom. The topological polar surface area (TPSA) is 51.9 Å². The van der Waals surface area contributed by atoms with Gasteiger partial charge in [-0.2, -0.15) is 0 Å². The molecule has 7 heteroatoms. The van der Waals surface area contributed by atoms with Crippen LogP contribution in [0.5, 0.6) is 11.5 Å². The molecular formula is C17H20N4O2S. The first kappa shape index (κ1) is 15.3. The van der Waals surface area contributed by atoms with Gasteiger partial charge in [0.1, 0.15) is 11.5 Å². The quantitative estimate of drug-likeness (QED) is 0.725. The highest BCUT2D eigenvalue weighted by Crippen LogP contribution is 2.42. The first-order valence-electron chi connectivity index (χ1n) is 8.01. The van der Waals surface area contributed by atoms with Crippen molar-refractivity contribution in [2.24, 2.45) is 0 Å². The van der Waals surface area contributed by atoms with E-state index in [2.05, 4.69) is 16.0 Å². The Bertz CT molecular complexity index is 841. The summed E-state index contributed by atoms with van der Waals surface area (Å²) < 4.78 is 12.8. The van der Waals surface area contributed by atoms with Gasteiger partial charge in [0.25, 0.3) is 0 Å². The highest BCUT2D eigenvalue weighted by Gasteiger charge is 2.31. The predicted octanol–water partition coefficient (Wildman–Crippen LogP) is 3.46. The minimum atomic E-state index is 0.266. The molecule has 126 valence electrons. The van der Waals surface area contributed by atoms with E-state index in [-0.39, 0.29) is 6.04 Å². The molecule has 6 nitrogen and oxygen atoms in total. The van der Waals surface area contributed by atoms with Crippen LogP contribution in [0.1, 0.15) is 30.1 Å². The van der Waals surface area contributed by atoms with Gasteiger partial charge in [-0.25, -0.2) is 9.50 Å². The van der Waals surface area contributed by atoms with Crippen molar-refractivity contribution < 1.29 is 9.47 Å². The average molecular weight is 344 g/mol. The molecule has 0 radical (unpaired) electrons. The second kappa shape index (κ2) is 5.98. The van der Waals surface area contributed by atoms with E-state index in [4.69, 9.17) is 14.6 Å². The number of anilines is 1. The second-order valence-electron chi connectivity index (χ2n) is 5.95. The Morgan fingerprint density at radius 1 is 1.25 bits per heavy atom. The molecule has 3 heterocycles. The van der Waals surface area contributed by atoms with Crippen LogP contribution in [0.4, 0.5) is 5.13 Å². The van der Waals surface area contributed by atoms with Crippen LogP contribution in [0.3, 0.4) is 0 Å². The number of benzene rings is 1. The molecule has 1 atom stereocenters. The monoisotopic (exact) mass is 344 g/mol. The van der Waals surface area contributed by atoms with Crippen molar-refractivity contribution in [3.8, 4) is 11.5 Å². The summed E-state index contributed by atoms with van der Waals surface area (Å²) in [6, 6.07) is 6.31. The summed E-state index contributed by atoms with van der Waals surface area (Å²) in [6.45, 7) is 2.98. The molecule has 1 aromatic carbocycles. The molecule has 24 heavy (non-hydrogen) atoms. The summed E-state index contributed by atoms with van der Waals surface area (Å²) in [6.07, 6.45) is 4.19. The van der Waals surface area contributed by atoms with E-state index in [9.17, 15) is 0 Å². The summed E-state index contributed by atoms with van der Waals surface area (Å²) in [5, 5.41) is 5.73. The van der Waals surface area contributed by atoms with Crippen LogP contribution in [-0.2, 0) is 0 Å². The third-order valence-corrected chi connectivity index (χ3v) is 5.41. The number of hydrogen-bond donors (Lipinski definition) is 0. The molecule has 1 aliphatic heterocycles. The summed E-state index contributed by atoms with van der Waals surface area (Å²) in [4.78, 5) is 7.81. The first-order valence-corrected chi connectivity index (χ1v) is 8.82. The Labute approximate surface area is 144 Å². The van der Waals surface area contributed by atoms with E-state index >= 15 is 0 Å². The SMILES string of the molecule is COc1ccc([C@@H]2CCCN2c2nn3cc(C)nc3s2)c(OC)c1. The fraction of sp³-hybridized carbons (Fsp3) is 0.412. The lowest BCUT2D eigenvalue weighted by molar-refractivity contribution is 0.388. The van der Waals surface area contributed by atoms with Crippen molar-refractivity contribution in [3.63, 3.8) is 0 Å². The van der Waals surface area contributed by atoms with E-state index in [0.29, 0.717) is 0 Å². The molecule has 0 amide bonds. The summed E-state index contributed by atoms with van der Waals surface area (Å²) in [5.74, 6) is 1.67. The van der Waals surface area contributed by atoms with E-state index in [0.717, 1.165) is 46.7 Å². The van der Waals surface area contributed by atoms with Crippen molar-refractivity contribution in [2.75, 3.05) is 25.7 Å². The van der Waals surface area contributed by atoms with Crippen molar-refractivity contribution >= 4 is 21.4 Å². The van der Waals surface area contributed by atoms with E-state index in [1.165, 1.54) is 5.56 Å². The number of rotatable bonds is 4. The van der Waals surface area contributed by atoms with Gasteiger partial charge in [-0.1, -0.05) is 11.3 Å². The highest BCUT2D eigenvalue weighted by atomic mass is 32.1. The van der Waals surface area contributed by atoms with Crippen LogP contribution < -0.4 is 14.4 Å². The molecule has 4 rings (SSSR count). The van der Waals surface area contributed by atoms with E-state index in [1.54, 1.807) is 25.6 Å². The molecule has 0 saturated carbocycles. The molecule has 1 fully saturated rings. The number of imidazole rings is 1. The number of methoxy groups -OCH3 is 2. The number of hydrogen-bond acceptors (Lipinski definition) is 6. The largest absolute Gasteiger partial charge is 0.497 e. The van der Waals surface area contributed by atoms with E-state index < -0.39 is 0 Å². The number of nitrogens with zero attached hydrogens (tertiary/aromatic N) is 4. The zero-order valence-corrected chi connectivity index (χ0v) is 14.8. The Kier molecular flexibility index (Phi) is 3.80. The van der Waals surface area contributed by atoms with E-state index in [1.807, 2.05) is 29.8 Å². The van der Waals surface area contributed by atoms with Crippen molar-refractivity contribution in [3.05, 3.63) is 35.7 Å². The first-order chi connectivity index (χ1) is 11.7. The average Bonchev–Trinajstić information content (AvgIpc) is 3.27. The van der Waals surface area contributed by atoms with Gasteiger partial charge >= 0.3 is 0 Å². The number of fused-ring (bicyclic) bond motifs is 1. The second-order valence-corrected chi connectivity index (χ2v) is 6.89. The van der Waals surface area contributed by atoms with Crippen LogP contribution in [0.25, 0.3) is 4.96 Å². The fourth-order valence-electron chi connectivity index (χ4n) is 3.33. The molecule has 2 aromatic heterocycles. The van der Waals surface area contributed by atoms with Gasteiger partial charge in [0.05, 0.1) is 32.2 Å². The molecule has 0 unspecified atom stereocenters. The molecule has 3 aromatic rings. The van der Waals surface area contributed by atoms with Crippen LogP contribution in [0.15, 0.2) is 24.4 Å². The van der Waals surface area contributed by atoms with Gasteiger partial charge in [0.2, 0.25) is 10.1 Å². The molecule has 0 spiro atoms. The molecular weight excluding hydrogens is 324 g/mol. The van der Waals surface area contributed by atoms with Crippen LogP contribution in [0.2, 0.25) is 0 Å². The summed E-state index contributed by atoms with van der Waals surface area (Å²) in [7, 11) is 3.38. The van der Waals surface area contributed by atoms with Crippen LogP contribution in [0, 0.1) is 6.92 Å². The molecule has 1 aliphatic rings. The Morgan fingerprint density at radius 3 is 2.88 bits per heavy atom. The van der Waals surface area contributed by atoms with Crippen molar-refractivity contribution in [1.82, 2.24) is 14.6 Å². The normalized spacial score (nSPS) is 17.6. The maximum Gasteiger partial charge on any atom is 0.214 e. The lowest BCUT2D eigenvalue weighted by Crippen LogP contribution is -2.23. The van der Waals surface area contributed by atoms with Gasteiger partial charge in [-0.15, -0.1) is 5.10 Å². The van der Waals surface area contributed by atoms with Gasteiger partial charge in [0, 0.05) is 18.2 Å². The third-order valence-electron chi connectivity index (χ3n) is 4.45. The maximum atomic E-state index is 5.60. The summed E-state index contributed by atoms with van der Waals surface area (Å²) in [5.41, 5.74) is 2.18. The lowest BCUT2D eigenvalue weighted by Gasteiger charge is -2.25. The van der Waals surface area contributed by atoms with Gasteiger partial charge in [-0.05, 0) is 31.9 Å². The lowest BCUT2D eigenvalue weighted by atomic mass is 10.0. The van der Waals surface area contributed by atoms with Crippen molar-refractivity contribution in [2.45, 2.75) is 25.8 Å². The van der Waals surface area contributed by atoms with Gasteiger partial charge < -0.3 is 14.4 Å². The molecule has 1 saturated heterocycles. The Balaban J connectivity index is 1.70. The predicted molar refractivity (Wildman–Crippen MR) is 94.5 cm³/mol. The summed E-state index contributed by atoms with van der Waals surface area (Å²) >= 11 is 1.64. The zero-order chi connectivity index (χ0) is 16.7. The minimum Gasteiger partial charge on any atom is -0.497 e. The number of aromatic nitrogens is 3. The standard InChI is InChI=1S/C17H20N4O2S/c1-11-10-21-16(18-11)24-17(19-21)20-8-4-5-14(20)13-7-6-12(22-2)9-15(13)23-3/h6-7,9-10,14H,4-5,8H2,1-3H3/t14-/m0/s1.